The summed E-state index contributed by atoms with van der Waals surface area (Å²) in [5, 5.41) is 0. The number of hydrogen-bond acceptors (Lipinski definition) is 2. The van der Waals surface area contributed by atoms with Gasteiger partial charge in [-0.05, 0) is 49.2 Å². The van der Waals surface area contributed by atoms with Crippen LogP contribution >= 0.6 is 11.6 Å². The number of nitrogens with zero attached hydrogens (tertiary/aromatic N) is 2. The van der Waals surface area contributed by atoms with E-state index in [1.165, 1.54) is 0 Å². The fraction of sp³-hybridized carbons (Fsp3) is 0.235. The summed E-state index contributed by atoms with van der Waals surface area (Å²) in [5.74, 6) is 0.778. The second-order valence-corrected chi connectivity index (χ2v) is 5.50. The molecule has 0 aliphatic rings. The highest BCUT2D eigenvalue weighted by Crippen LogP contribution is 2.24. The zero-order valence-electron chi connectivity index (χ0n) is 12.1. The Kier molecular flexibility index (Phi) is 3.84. The summed E-state index contributed by atoms with van der Waals surface area (Å²) >= 11 is 5.99. The van der Waals surface area contributed by atoms with Crippen molar-refractivity contribution in [1.29, 1.82) is 0 Å². The van der Waals surface area contributed by atoms with Gasteiger partial charge in [-0.15, -0.1) is 0 Å². The Hall–Kier alpha value is -2.00. The van der Waals surface area contributed by atoms with Crippen LogP contribution in [0.4, 0.5) is 0 Å². The number of rotatable bonds is 4. The van der Waals surface area contributed by atoms with Gasteiger partial charge < -0.3 is 9.14 Å². The molecular weight excluding hydrogens is 284 g/mol. The highest BCUT2D eigenvalue weighted by atomic mass is 35.5. The molecule has 108 valence electrons. The van der Waals surface area contributed by atoms with E-state index in [1.807, 2.05) is 54.0 Å². The molecule has 0 saturated heterocycles. The first-order chi connectivity index (χ1) is 10.2. The summed E-state index contributed by atoms with van der Waals surface area (Å²) in [4.78, 5) is 4.69. The first-order valence-electron chi connectivity index (χ1n) is 7.03. The Bertz CT molecular complexity index is 749. The van der Waals surface area contributed by atoms with E-state index in [-0.39, 0.29) is 5.56 Å². The van der Waals surface area contributed by atoms with E-state index in [9.17, 15) is 0 Å². The second-order valence-electron chi connectivity index (χ2n) is 5.01. The van der Waals surface area contributed by atoms with Gasteiger partial charge in [0.2, 0.25) is 0 Å². The van der Waals surface area contributed by atoms with E-state index in [0.717, 1.165) is 34.6 Å². The summed E-state index contributed by atoms with van der Waals surface area (Å²) < 4.78 is 7.61. The number of fused-ring (bicyclic) bond motifs is 1. The molecule has 21 heavy (non-hydrogen) atoms. The minimum Gasteiger partial charge on any atom is -0.475 e. The number of aryl methyl sites for hydroxylation is 1. The monoisotopic (exact) mass is 300 g/mol. The van der Waals surface area contributed by atoms with Crippen LogP contribution in [0.5, 0.6) is 5.75 Å². The quantitative estimate of drug-likeness (QED) is 0.655. The summed E-state index contributed by atoms with van der Waals surface area (Å²) in [5.41, 5.74) is 3.88. The Labute approximate surface area is 129 Å². The van der Waals surface area contributed by atoms with Crippen molar-refractivity contribution in [2.75, 3.05) is 0 Å². The minimum atomic E-state index is -0.284. The maximum Gasteiger partial charge on any atom is 0.171 e. The molecule has 0 amide bonds. The lowest BCUT2D eigenvalue weighted by atomic mass is 10.2. The predicted molar refractivity (Wildman–Crippen MR) is 85.9 cm³/mol. The van der Waals surface area contributed by atoms with Gasteiger partial charge in [0.25, 0.3) is 0 Å². The number of benzene rings is 1. The van der Waals surface area contributed by atoms with Crippen LogP contribution in [0.1, 0.15) is 18.9 Å². The van der Waals surface area contributed by atoms with Crippen molar-refractivity contribution in [1.82, 2.24) is 9.38 Å². The lowest BCUT2D eigenvalue weighted by molar-refractivity contribution is 0.277. The van der Waals surface area contributed by atoms with Crippen LogP contribution in [0.3, 0.4) is 0 Å². The standard InChI is InChI=1S/C17H17ClN2O/c1-3-16(18)21-14-8-6-13(7-9-14)15-11-20-10-4-5-12(2)17(20)19-15/h4-11,16H,3H2,1-2H3. The van der Waals surface area contributed by atoms with Gasteiger partial charge in [0.05, 0.1) is 5.69 Å². The number of pyridine rings is 1. The molecule has 1 aromatic carbocycles. The van der Waals surface area contributed by atoms with Crippen molar-refractivity contribution < 1.29 is 4.74 Å². The van der Waals surface area contributed by atoms with Gasteiger partial charge in [0.1, 0.15) is 11.4 Å². The number of ether oxygens (including phenoxy) is 1. The summed E-state index contributed by atoms with van der Waals surface area (Å²) in [6, 6.07) is 12.0. The highest BCUT2D eigenvalue weighted by molar-refractivity contribution is 6.19. The van der Waals surface area contributed by atoms with Crippen molar-refractivity contribution in [3.05, 3.63) is 54.4 Å². The maximum absolute atomic E-state index is 5.99. The fourth-order valence-corrected chi connectivity index (χ4v) is 2.33. The van der Waals surface area contributed by atoms with E-state index in [4.69, 9.17) is 16.3 Å². The van der Waals surface area contributed by atoms with Crippen LogP contribution in [-0.4, -0.2) is 14.9 Å². The van der Waals surface area contributed by atoms with Crippen molar-refractivity contribution in [3.8, 4) is 17.0 Å². The Morgan fingerprint density at radius 2 is 2.00 bits per heavy atom. The molecule has 0 N–H and O–H groups in total. The van der Waals surface area contributed by atoms with Crippen LogP contribution in [-0.2, 0) is 0 Å². The van der Waals surface area contributed by atoms with Crippen LogP contribution in [0.25, 0.3) is 16.9 Å². The molecule has 0 saturated carbocycles. The van der Waals surface area contributed by atoms with Gasteiger partial charge >= 0.3 is 0 Å². The molecule has 1 atom stereocenters. The Morgan fingerprint density at radius 1 is 1.24 bits per heavy atom. The zero-order chi connectivity index (χ0) is 14.8. The average Bonchev–Trinajstić information content (AvgIpc) is 2.93. The van der Waals surface area contributed by atoms with Gasteiger partial charge in [-0.1, -0.05) is 24.6 Å². The van der Waals surface area contributed by atoms with E-state index >= 15 is 0 Å². The number of imidazole rings is 1. The molecule has 0 radical (unpaired) electrons. The number of hydrogen-bond donors (Lipinski definition) is 0. The van der Waals surface area contributed by atoms with E-state index in [0.29, 0.717) is 0 Å². The maximum atomic E-state index is 5.99. The lowest BCUT2D eigenvalue weighted by Gasteiger charge is -2.10. The zero-order valence-corrected chi connectivity index (χ0v) is 12.8. The van der Waals surface area contributed by atoms with Gasteiger partial charge in [-0.3, -0.25) is 0 Å². The van der Waals surface area contributed by atoms with Gasteiger partial charge in [-0.2, -0.15) is 0 Å². The van der Waals surface area contributed by atoms with Crippen LogP contribution in [0.2, 0.25) is 0 Å². The third-order valence-electron chi connectivity index (χ3n) is 3.41. The van der Waals surface area contributed by atoms with E-state index in [1.54, 1.807) is 0 Å². The average molecular weight is 301 g/mol. The second kappa shape index (κ2) is 5.78. The first-order valence-corrected chi connectivity index (χ1v) is 7.46. The summed E-state index contributed by atoms with van der Waals surface area (Å²) in [6.45, 7) is 4.06. The molecule has 0 aliphatic carbocycles. The molecule has 3 nitrogen and oxygen atoms in total. The molecule has 2 heterocycles. The van der Waals surface area contributed by atoms with Gasteiger partial charge in [-0.25, -0.2) is 4.98 Å². The molecule has 3 rings (SSSR count). The molecule has 3 aromatic rings. The largest absolute Gasteiger partial charge is 0.475 e. The Morgan fingerprint density at radius 3 is 2.67 bits per heavy atom. The molecular formula is C17H17ClN2O. The summed E-state index contributed by atoms with van der Waals surface area (Å²) in [6.07, 6.45) is 4.82. The van der Waals surface area contributed by atoms with Gasteiger partial charge in [0, 0.05) is 18.0 Å². The van der Waals surface area contributed by atoms with Crippen molar-refractivity contribution in [3.63, 3.8) is 0 Å². The third kappa shape index (κ3) is 2.88. The fourth-order valence-electron chi connectivity index (χ4n) is 2.23. The topological polar surface area (TPSA) is 26.5 Å². The van der Waals surface area contributed by atoms with E-state index in [2.05, 4.69) is 18.0 Å². The predicted octanol–water partition coefficient (Wildman–Crippen LogP) is 4.66. The molecule has 1 unspecified atom stereocenters. The SMILES string of the molecule is CCC(Cl)Oc1ccc(-c2cn3cccc(C)c3n2)cc1. The molecule has 2 aromatic heterocycles. The van der Waals surface area contributed by atoms with Crippen molar-refractivity contribution >= 4 is 17.2 Å². The number of aromatic nitrogens is 2. The lowest BCUT2D eigenvalue weighted by Crippen LogP contribution is -2.06. The number of alkyl halides is 1. The van der Waals surface area contributed by atoms with Crippen LogP contribution in [0, 0.1) is 6.92 Å². The van der Waals surface area contributed by atoms with E-state index < -0.39 is 0 Å². The van der Waals surface area contributed by atoms with Crippen molar-refractivity contribution in [2.24, 2.45) is 0 Å². The van der Waals surface area contributed by atoms with Crippen LogP contribution in [0.15, 0.2) is 48.8 Å². The minimum absolute atomic E-state index is 0.284. The molecule has 4 heteroatoms. The van der Waals surface area contributed by atoms with Crippen molar-refractivity contribution in [2.45, 2.75) is 25.8 Å². The normalized spacial score (nSPS) is 12.5. The molecule has 0 spiro atoms. The smallest absolute Gasteiger partial charge is 0.171 e. The molecule has 0 bridgehead atoms. The summed E-state index contributed by atoms with van der Waals surface area (Å²) in [7, 11) is 0. The molecule has 0 fully saturated rings. The van der Waals surface area contributed by atoms with Gasteiger partial charge in [0.15, 0.2) is 5.56 Å². The third-order valence-corrected chi connectivity index (χ3v) is 3.81. The highest BCUT2D eigenvalue weighted by Gasteiger charge is 2.07. The number of halogens is 1. The Balaban J connectivity index is 1.90. The first kappa shape index (κ1) is 14.0. The van der Waals surface area contributed by atoms with Crippen LogP contribution < -0.4 is 4.74 Å². The molecule has 0 aliphatic heterocycles.